The van der Waals surface area contributed by atoms with Crippen molar-refractivity contribution in [1.29, 1.82) is 0 Å². The highest BCUT2D eigenvalue weighted by Gasteiger charge is 2.42. The number of aromatic amines is 1. The third kappa shape index (κ3) is 2.22. The summed E-state index contributed by atoms with van der Waals surface area (Å²) in [4.78, 5) is 32.1. The molecule has 1 aromatic carbocycles. The summed E-state index contributed by atoms with van der Waals surface area (Å²) in [5.74, 6) is 0.553. The molecule has 2 atom stereocenters. The van der Waals surface area contributed by atoms with Crippen LogP contribution in [0.25, 0.3) is 10.9 Å². The summed E-state index contributed by atoms with van der Waals surface area (Å²) in [6.07, 6.45) is 2.27. The van der Waals surface area contributed by atoms with E-state index in [-0.39, 0.29) is 17.7 Å². The van der Waals surface area contributed by atoms with Gasteiger partial charge in [-0.2, -0.15) is 0 Å². The largest absolute Gasteiger partial charge is 0.350 e. The fourth-order valence-corrected chi connectivity index (χ4v) is 4.38. The summed E-state index contributed by atoms with van der Waals surface area (Å²) in [5.41, 5.74) is 2.83. The molecule has 2 saturated heterocycles. The number of likely N-dealkylation sites (tertiary alicyclic amines) is 2. The Balaban J connectivity index is 1.62. The van der Waals surface area contributed by atoms with Gasteiger partial charge in [-0.1, -0.05) is 25.1 Å². The van der Waals surface area contributed by atoms with Gasteiger partial charge in [0.05, 0.1) is 0 Å². The lowest BCUT2D eigenvalue weighted by Crippen LogP contribution is -2.47. The first kappa shape index (κ1) is 15.2. The highest BCUT2D eigenvalue weighted by atomic mass is 16.2. The molecule has 0 bridgehead atoms. The minimum absolute atomic E-state index is 0.0727. The summed E-state index contributed by atoms with van der Waals surface area (Å²) in [6.45, 7) is 3.48. The van der Waals surface area contributed by atoms with Gasteiger partial charge in [0.25, 0.3) is 5.91 Å². The van der Waals surface area contributed by atoms with E-state index in [9.17, 15) is 9.59 Å². The number of amides is 2. The number of H-pyrrole nitrogens is 1. The molecule has 24 heavy (non-hydrogen) atoms. The van der Waals surface area contributed by atoms with Crippen LogP contribution in [0.5, 0.6) is 0 Å². The van der Waals surface area contributed by atoms with Crippen molar-refractivity contribution in [2.45, 2.75) is 32.2 Å². The molecule has 0 radical (unpaired) electrons. The fraction of sp³-hybridized carbons (Fsp3) is 0.474. The van der Waals surface area contributed by atoms with E-state index in [1.54, 1.807) is 0 Å². The molecule has 1 aromatic heterocycles. The Morgan fingerprint density at radius 2 is 2.12 bits per heavy atom. The van der Waals surface area contributed by atoms with Gasteiger partial charge < -0.3 is 14.8 Å². The van der Waals surface area contributed by atoms with Crippen molar-refractivity contribution in [3.8, 4) is 0 Å². The highest BCUT2D eigenvalue weighted by Crippen LogP contribution is 2.32. The second kappa shape index (κ2) is 5.65. The summed E-state index contributed by atoms with van der Waals surface area (Å²) in [5, 5.41) is 1.13. The number of piperidine rings is 1. The van der Waals surface area contributed by atoms with Gasteiger partial charge in [0.1, 0.15) is 5.69 Å². The molecule has 1 N–H and O–H groups in total. The van der Waals surface area contributed by atoms with Crippen LogP contribution in [0.15, 0.2) is 24.3 Å². The van der Waals surface area contributed by atoms with E-state index in [0.29, 0.717) is 19.0 Å². The first-order valence-corrected chi connectivity index (χ1v) is 8.74. The van der Waals surface area contributed by atoms with Crippen LogP contribution in [0, 0.1) is 5.92 Å². The number of rotatable bonds is 2. The van der Waals surface area contributed by atoms with E-state index < -0.39 is 0 Å². The molecule has 3 heterocycles. The molecule has 0 spiro atoms. The highest BCUT2D eigenvalue weighted by molar-refractivity contribution is 6.01. The number of aromatic nitrogens is 1. The fourth-order valence-electron chi connectivity index (χ4n) is 4.38. The van der Waals surface area contributed by atoms with Gasteiger partial charge in [-0.15, -0.1) is 0 Å². The van der Waals surface area contributed by atoms with Crippen molar-refractivity contribution in [3.63, 3.8) is 0 Å². The van der Waals surface area contributed by atoms with Gasteiger partial charge in [-0.25, -0.2) is 0 Å². The Labute approximate surface area is 141 Å². The van der Waals surface area contributed by atoms with Crippen molar-refractivity contribution in [2.75, 3.05) is 20.1 Å². The first-order chi connectivity index (χ1) is 11.6. The van der Waals surface area contributed by atoms with Crippen LogP contribution >= 0.6 is 0 Å². The maximum Gasteiger partial charge on any atom is 0.270 e. The molecule has 2 aliphatic heterocycles. The number of carbonyl (C=O) groups excluding carboxylic acids is 2. The van der Waals surface area contributed by atoms with Gasteiger partial charge in [0, 0.05) is 49.4 Å². The van der Waals surface area contributed by atoms with Gasteiger partial charge >= 0.3 is 0 Å². The van der Waals surface area contributed by atoms with Crippen molar-refractivity contribution < 1.29 is 9.59 Å². The Morgan fingerprint density at radius 1 is 1.33 bits per heavy atom. The monoisotopic (exact) mass is 325 g/mol. The molecule has 2 amide bonds. The summed E-state index contributed by atoms with van der Waals surface area (Å²) < 4.78 is 0. The molecule has 5 heteroatoms. The number of fused-ring (bicyclic) bond motifs is 2. The van der Waals surface area contributed by atoms with Gasteiger partial charge in [0.2, 0.25) is 5.91 Å². The molecule has 0 unspecified atom stereocenters. The van der Waals surface area contributed by atoms with E-state index in [0.717, 1.165) is 41.5 Å². The molecular formula is C19H23N3O2. The van der Waals surface area contributed by atoms with E-state index in [2.05, 4.69) is 18.0 Å². The molecule has 126 valence electrons. The van der Waals surface area contributed by atoms with Crippen LogP contribution in [-0.2, 0) is 11.2 Å². The minimum Gasteiger partial charge on any atom is -0.350 e. The lowest BCUT2D eigenvalue weighted by Gasteiger charge is -2.36. The molecule has 5 nitrogen and oxygen atoms in total. The van der Waals surface area contributed by atoms with Crippen LogP contribution in [0.2, 0.25) is 0 Å². The SMILES string of the molecule is CCc1c(C(=O)N2CC[C@H]3[C@H](CC(=O)N3C)C2)[nH]c2ccccc12. The number of para-hydroxylation sites is 1. The zero-order chi connectivity index (χ0) is 16.8. The molecule has 2 fully saturated rings. The lowest BCUT2D eigenvalue weighted by atomic mass is 9.92. The average molecular weight is 325 g/mol. The van der Waals surface area contributed by atoms with E-state index in [1.807, 2.05) is 35.0 Å². The molecule has 0 saturated carbocycles. The summed E-state index contributed by atoms with van der Waals surface area (Å²) in [6, 6.07) is 8.38. The summed E-state index contributed by atoms with van der Waals surface area (Å²) >= 11 is 0. The molecule has 2 aliphatic rings. The third-order valence-corrected chi connectivity index (χ3v) is 5.69. The number of benzene rings is 1. The lowest BCUT2D eigenvalue weighted by molar-refractivity contribution is -0.127. The van der Waals surface area contributed by atoms with E-state index in [4.69, 9.17) is 0 Å². The van der Waals surface area contributed by atoms with Crippen LogP contribution in [-0.4, -0.2) is 52.8 Å². The van der Waals surface area contributed by atoms with Crippen LogP contribution in [0.1, 0.15) is 35.8 Å². The molecule has 2 aromatic rings. The predicted octanol–water partition coefficient (Wildman–Crippen LogP) is 2.42. The zero-order valence-corrected chi connectivity index (χ0v) is 14.2. The topological polar surface area (TPSA) is 56.4 Å². The van der Waals surface area contributed by atoms with Gasteiger partial charge in [0.15, 0.2) is 0 Å². The minimum atomic E-state index is 0.0727. The van der Waals surface area contributed by atoms with E-state index >= 15 is 0 Å². The predicted molar refractivity (Wildman–Crippen MR) is 92.9 cm³/mol. The average Bonchev–Trinajstić information content (AvgIpc) is 3.11. The van der Waals surface area contributed by atoms with Crippen LogP contribution in [0.3, 0.4) is 0 Å². The Kier molecular flexibility index (Phi) is 3.59. The Hall–Kier alpha value is -2.30. The molecule has 0 aliphatic carbocycles. The Morgan fingerprint density at radius 3 is 2.92 bits per heavy atom. The number of nitrogens with one attached hydrogen (secondary N) is 1. The zero-order valence-electron chi connectivity index (χ0n) is 14.2. The van der Waals surface area contributed by atoms with Crippen molar-refractivity contribution in [2.24, 2.45) is 5.92 Å². The normalized spacial score (nSPS) is 23.8. The van der Waals surface area contributed by atoms with Crippen LogP contribution < -0.4 is 0 Å². The van der Waals surface area contributed by atoms with Crippen molar-refractivity contribution >= 4 is 22.7 Å². The quantitative estimate of drug-likeness (QED) is 0.922. The third-order valence-electron chi connectivity index (χ3n) is 5.69. The standard InChI is InChI=1S/C19H23N3O2/c1-3-13-14-6-4-5-7-15(14)20-18(13)19(24)22-9-8-16-12(11-22)10-17(23)21(16)2/h4-7,12,16,20H,3,8-11H2,1-2H3/t12-,16+/m1/s1. The van der Waals surface area contributed by atoms with Crippen LogP contribution in [0.4, 0.5) is 0 Å². The second-order valence-electron chi connectivity index (χ2n) is 6.95. The van der Waals surface area contributed by atoms with Crippen molar-refractivity contribution in [3.05, 3.63) is 35.5 Å². The maximum atomic E-state index is 13.1. The molecular weight excluding hydrogens is 302 g/mol. The van der Waals surface area contributed by atoms with Gasteiger partial charge in [-0.05, 0) is 24.5 Å². The summed E-state index contributed by atoms with van der Waals surface area (Å²) in [7, 11) is 1.89. The maximum absolute atomic E-state index is 13.1. The van der Waals surface area contributed by atoms with E-state index in [1.165, 1.54) is 0 Å². The number of carbonyl (C=O) groups is 2. The number of nitrogens with zero attached hydrogens (tertiary/aromatic N) is 2. The number of hydrogen-bond acceptors (Lipinski definition) is 2. The smallest absolute Gasteiger partial charge is 0.270 e. The Bertz CT molecular complexity index is 810. The van der Waals surface area contributed by atoms with Gasteiger partial charge in [-0.3, -0.25) is 9.59 Å². The van der Waals surface area contributed by atoms with Crippen molar-refractivity contribution in [1.82, 2.24) is 14.8 Å². The molecule has 4 rings (SSSR count). The number of aryl methyl sites for hydroxylation is 1. The number of hydrogen-bond donors (Lipinski definition) is 1. The first-order valence-electron chi connectivity index (χ1n) is 8.74. The second-order valence-corrected chi connectivity index (χ2v) is 6.95.